The van der Waals surface area contributed by atoms with Gasteiger partial charge in [0.15, 0.2) is 0 Å². The molecule has 0 N–H and O–H groups in total. The van der Waals surface area contributed by atoms with Crippen LogP contribution in [0.1, 0.15) is 33.1 Å². The van der Waals surface area contributed by atoms with Crippen molar-refractivity contribution in [2.75, 3.05) is 36.0 Å². The predicted octanol–water partition coefficient (Wildman–Crippen LogP) is 9.12. The molecular formula is C39H42N6O4. The normalized spacial score (nSPS) is 19.0. The fourth-order valence-electron chi connectivity index (χ4n) is 6.08. The third-order valence-electron chi connectivity index (χ3n) is 8.87. The van der Waals surface area contributed by atoms with Crippen molar-refractivity contribution in [3.8, 4) is 0 Å². The zero-order chi connectivity index (χ0) is 34.0. The number of azo groups is 2. The predicted molar refractivity (Wildman–Crippen MR) is 190 cm³/mol. The Morgan fingerprint density at radius 2 is 0.918 bits per heavy atom. The lowest BCUT2D eigenvalue weighted by atomic mass is 9.97. The van der Waals surface area contributed by atoms with Crippen LogP contribution in [0.3, 0.4) is 0 Å². The molecule has 252 valence electrons. The van der Waals surface area contributed by atoms with Gasteiger partial charge in [-0.05, 0) is 79.2 Å². The maximum Gasteiger partial charge on any atom is 0.309 e. The van der Waals surface area contributed by atoms with Crippen molar-refractivity contribution in [2.45, 2.75) is 45.3 Å². The third kappa shape index (κ3) is 9.37. The van der Waals surface area contributed by atoms with Crippen LogP contribution in [0.25, 0.3) is 0 Å². The zero-order valence-electron chi connectivity index (χ0n) is 28.0. The van der Waals surface area contributed by atoms with E-state index in [1.807, 2.05) is 123 Å². The number of esters is 2. The van der Waals surface area contributed by atoms with Gasteiger partial charge in [0, 0.05) is 37.3 Å². The number of carbonyl (C=O) groups excluding carboxylic acids is 2. The van der Waals surface area contributed by atoms with E-state index in [1.54, 1.807) is 0 Å². The number of hydrogen-bond donors (Lipinski definition) is 0. The second-order valence-corrected chi connectivity index (χ2v) is 12.7. The Balaban J connectivity index is 0.907. The number of ether oxygens (including phenoxy) is 2. The van der Waals surface area contributed by atoms with Crippen molar-refractivity contribution in [1.82, 2.24) is 0 Å². The summed E-state index contributed by atoms with van der Waals surface area (Å²) in [5, 5.41) is 17.2. The Bertz CT molecular complexity index is 1600. The van der Waals surface area contributed by atoms with Crippen LogP contribution in [-0.2, 0) is 19.1 Å². The molecule has 2 aliphatic heterocycles. The molecule has 2 fully saturated rings. The molecule has 0 bridgehead atoms. The third-order valence-corrected chi connectivity index (χ3v) is 8.87. The molecule has 4 atom stereocenters. The number of anilines is 2. The number of hydrogen-bond acceptors (Lipinski definition) is 10. The molecule has 2 saturated heterocycles. The van der Waals surface area contributed by atoms with Gasteiger partial charge in [0.2, 0.25) is 0 Å². The van der Waals surface area contributed by atoms with Crippen LogP contribution in [0, 0.1) is 11.8 Å². The number of carbonyl (C=O) groups is 2. The molecule has 4 aromatic rings. The average molecular weight is 659 g/mol. The molecule has 2 heterocycles. The lowest BCUT2D eigenvalue weighted by Gasteiger charge is -2.22. The van der Waals surface area contributed by atoms with Crippen molar-refractivity contribution in [3.63, 3.8) is 0 Å². The second-order valence-electron chi connectivity index (χ2n) is 12.7. The molecule has 4 aromatic carbocycles. The Hall–Kier alpha value is -5.38. The van der Waals surface area contributed by atoms with E-state index in [0.29, 0.717) is 19.5 Å². The molecule has 49 heavy (non-hydrogen) atoms. The van der Waals surface area contributed by atoms with Gasteiger partial charge in [-0.1, -0.05) is 50.2 Å². The SMILES string of the molecule is C[C@@H](C[C@H](C)C(=O)O[C@@H]1CCN(c2ccc(N=Nc3ccccc3)cc2)C1)C(=O)O[C@@H]1CCN(c2ccc(N=Nc3ccccc3)cc2)C1. The molecule has 0 aliphatic carbocycles. The van der Waals surface area contributed by atoms with E-state index in [-0.39, 0.29) is 24.1 Å². The Morgan fingerprint density at radius 3 is 1.29 bits per heavy atom. The minimum atomic E-state index is -0.413. The van der Waals surface area contributed by atoms with Crippen LogP contribution in [-0.4, -0.2) is 50.3 Å². The van der Waals surface area contributed by atoms with Crippen LogP contribution in [0.5, 0.6) is 0 Å². The standard InChI is InChI=1S/C39H42N6O4/c1-28(38(46)48-36-21-23-44(26-36)34-17-13-32(14-18-34)42-40-30-9-5-3-6-10-30)25-29(2)39(47)49-37-22-24-45(27-37)35-19-15-33(16-20-35)43-41-31-11-7-4-8-12-31/h3-20,28-29,36-37H,21-27H2,1-2H3/t28-,29-,36+,37+/m0/s1. The Morgan fingerprint density at radius 1 is 0.571 bits per heavy atom. The molecule has 0 saturated carbocycles. The largest absolute Gasteiger partial charge is 0.460 e. The van der Waals surface area contributed by atoms with E-state index in [9.17, 15) is 9.59 Å². The van der Waals surface area contributed by atoms with E-state index >= 15 is 0 Å². The van der Waals surface area contributed by atoms with Crippen molar-refractivity contribution < 1.29 is 19.1 Å². The van der Waals surface area contributed by atoms with Gasteiger partial charge in [-0.15, -0.1) is 0 Å². The molecule has 2 aliphatic rings. The van der Waals surface area contributed by atoms with E-state index in [0.717, 1.165) is 60.1 Å². The Labute approximate surface area is 287 Å². The highest BCUT2D eigenvalue weighted by molar-refractivity contribution is 5.76. The summed E-state index contributed by atoms with van der Waals surface area (Å²) < 4.78 is 11.7. The summed E-state index contributed by atoms with van der Waals surface area (Å²) in [6, 6.07) is 35.0. The summed E-state index contributed by atoms with van der Waals surface area (Å²) in [6.45, 7) is 6.48. The number of benzene rings is 4. The van der Waals surface area contributed by atoms with E-state index in [1.165, 1.54) is 0 Å². The first-order valence-electron chi connectivity index (χ1n) is 16.9. The molecule has 0 aromatic heterocycles. The highest BCUT2D eigenvalue weighted by Gasteiger charge is 2.31. The monoisotopic (exact) mass is 658 g/mol. The lowest BCUT2D eigenvalue weighted by molar-refractivity contribution is -0.156. The highest BCUT2D eigenvalue weighted by atomic mass is 16.5. The summed E-state index contributed by atoms with van der Waals surface area (Å²) in [7, 11) is 0. The second kappa shape index (κ2) is 16.1. The first-order chi connectivity index (χ1) is 23.9. The van der Waals surface area contributed by atoms with Crippen molar-refractivity contribution in [1.29, 1.82) is 0 Å². The number of rotatable bonds is 12. The minimum absolute atomic E-state index is 0.194. The molecule has 0 spiro atoms. The number of nitrogens with zero attached hydrogens (tertiary/aromatic N) is 6. The minimum Gasteiger partial charge on any atom is -0.460 e. The van der Waals surface area contributed by atoms with Crippen LogP contribution in [0.15, 0.2) is 130 Å². The summed E-state index contributed by atoms with van der Waals surface area (Å²) >= 11 is 0. The van der Waals surface area contributed by atoms with Crippen molar-refractivity contribution in [2.24, 2.45) is 32.3 Å². The van der Waals surface area contributed by atoms with Crippen LogP contribution in [0.4, 0.5) is 34.1 Å². The molecule has 0 radical (unpaired) electrons. The fraction of sp³-hybridized carbons (Fsp3) is 0.333. The van der Waals surface area contributed by atoms with Gasteiger partial charge in [0.05, 0.1) is 47.7 Å². The molecular weight excluding hydrogens is 616 g/mol. The molecule has 10 nitrogen and oxygen atoms in total. The average Bonchev–Trinajstić information content (AvgIpc) is 3.81. The van der Waals surface area contributed by atoms with E-state index < -0.39 is 11.8 Å². The van der Waals surface area contributed by atoms with Crippen molar-refractivity contribution >= 4 is 46.1 Å². The van der Waals surface area contributed by atoms with Crippen LogP contribution < -0.4 is 9.80 Å². The van der Waals surface area contributed by atoms with E-state index in [2.05, 4.69) is 30.3 Å². The first kappa shape index (κ1) is 33.5. The zero-order valence-corrected chi connectivity index (χ0v) is 28.0. The summed E-state index contributed by atoms with van der Waals surface area (Å²) in [6.07, 6.45) is 1.50. The Kier molecular flexibility index (Phi) is 11.0. The van der Waals surface area contributed by atoms with Gasteiger partial charge in [-0.25, -0.2) is 0 Å². The summed E-state index contributed by atoms with van der Waals surface area (Å²) in [5.41, 5.74) is 5.26. The van der Waals surface area contributed by atoms with Crippen LogP contribution in [0.2, 0.25) is 0 Å². The summed E-state index contributed by atoms with van der Waals surface area (Å²) in [4.78, 5) is 30.4. The summed E-state index contributed by atoms with van der Waals surface area (Å²) in [5.74, 6) is -1.38. The lowest BCUT2D eigenvalue weighted by Crippen LogP contribution is -2.30. The molecule has 6 rings (SSSR count). The van der Waals surface area contributed by atoms with Gasteiger partial charge in [-0.2, -0.15) is 20.5 Å². The molecule has 0 unspecified atom stereocenters. The van der Waals surface area contributed by atoms with Crippen LogP contribution >= 0.6 is 0 Å². The van der Waals surface area contributed by atoms with Gasteiger partial charge in [0.1, 0.15) is 12.2 Å². The quantitative estimate of drug-likeness (QED) is 0.111. The smallest absolute Gasteiger partial charge is 0.309 e. The van der Waals surface area contributed by atoms with Gasteiger partial charge in [0.25, 0.3) is 0 Å². The first-order valence-corrected chi connectivity index (χ1v) is 16.9. The van der Waals surface area contributed by atoms with Crippen molar-refractivity contribution in [3.05, 3.63) is 109 Å². The topological polar surface area (TPSA) is 109 Å². The maximum atomic E-state index is 13.0. The van der Waals surface area contributed by atoms with Gasteiger partial charge < -0.3 is 19.3 Å². The molecule has 0 amide bonds. The van der Waals surface area contributed by atoms with Gasteiger partial charge in [-0.3, -0.25) is 9.59 Å². The van der Waals surface area contributed by atoms with E-state index in [4.69, 9.17) is 9.47 Å². The molecule has 10 heteroatoms. The van der Waals surface area contributed by atoms with Gasteiger partial charge >= 0.3 is 11.9 Å². The highest BCUT2D eigenvalue weighted by Crippen LogP contribution is 2.28. The fourth-order valence-corrected chi connectivity index (χ4v) is 6.08. The maximum absolute atomic E-state index is 13.0.